The Bertz CT molecular complexity index is 415. The Labute approximate surface area is 127 Å². The molecule has 3 atom stereocenters. The number of rotatable bonds is 6. The molecule has 2 rings (SSSR count). The Morgan fingerprint density at radius 3 is 2.67 bits per heavy atom. The molecule has 1 aliphatic heterocycles. The van der Waals surface area contributed by atoms with E-state index in [0.29, 0.717) is 5.92 Å². The van der Waals surface area contributed by atoms with E-state index in [4.69, 9.17) is 9.47 Å². The second kappa shape index (κ2) is 7.78. The zero-order valence-corrected chi connectivity index (χ0v) is 13.3. The van der Waals surface area contributed by atoms with Gasteiger partial charge < -0.3 is 19.5 Å². The maximum atomic E-state index is 10.5. The number of hydrogen-bond donors (Lipinski definition) is 1. The molecule has 0 aromatic heterocycles. The minimum absolute atomic E-state index is 0.0697. The highest BCUT2D eigenvalue weighted by molar-refractivity contribution is 5.29. The number of aliphatic hydroxyl groups excluding tert-OH is 1. The number of nitrogens with zero attached hydrogens (tertiary/aromatic N) is 1. The lowest BCUT2D eigenvalue weighted by molar-refractivity contribution is 0.0176. The van der Waals surface area contributed by atoms with Crippen molar-refractivity contribution in [3.63, 3.8) is 0 Å². The fraction of sp³-hybridized carbons (Fsp3) is 0.647. The topological polar surface area (TPSA) is 41.9 Å². The molecule has 0 saturated carbocycles. The first-order valence-corrected chi connectivity index (χ1v) is 7.72. The molecule has 0 bridgehead atoms. The SMILES string of the molecule is COc1ccc(C(O)C(C)N(C)CC2CCCOC2)cc1. The zero-order valence-electron chi connectivity index (χ0n) is 13.3. The van der Waals surface area contributed by atoms with Gasteiger partial charge in [-0.25, -0.2) is 0 Å². The smallest absolute Gasteiger partial charge is 0.118 e. The molecule has 1 heterocycles. The first kappa shape index (κ1) is 16.3. The van der Waals surface area contributed by atoms with Crippen molar-refractivity contribution in [2.24, 2.45) is 5.92 Å². The highest BCUT2D eigenvalue weighted by Gasteiger charge is 2.24. The summed E-state index contributed by atoms with van der Waals surface area (Å²) in [4.78, 5) is 2.23. The zero-order chi connectivity index (χ0) is 15.2. The molecule has 1 aliphatic rings. The first-order valence-electron chi connectivity index (χ1n) is 7.72. The third-order valence-electron chi connectivity index (χ3n) is 4.41. The molecule has 0 radical (unpaired) electrons. The quantitative estimate of drug-likeness (QED) is 0.875. The number of hydrogen-bond acceptors (Lipinski definition) is 4. The Kier molecular flexibility index (Phi) is 6.03. The summed E-state index contributed by atoms with van der Waals surface area (Å²) in [5.74, 6) is 1.39. The van der Waals surface area contributed by atoms with Crippen LogP contribution in [0.25, 0.3) is 0 Å². The number of benzene rings is 1. The molecule has 0 spiro atoms. The van der Waals surface area contributed by atoms with Gasteiger partial charge in [-0.15, -0.1) is 0 Å². The fourth-order valence-electron chi connectivity index (χ4n) is 2.85. The number of likely N-dealkylation sites (N-methyl/N-ethyl adjacent to an activating group) is 1. The minimum Gasteiger partial charge on any atom is -0.497 e. The predicted octanol–water partition coefficient (Wildman–Crippen LogP) is 2.48. The molecule has 1 aromatic rings. The second-order valence-corrected chi connectivity index (χ2v) is 5.98. The summed E-state index contributed by atoms with van der Waals surface area (Å²) in [6.07, 6.45) is 1.87. The molecule has 1 N–H and O–H groups in total. The van der Waals surface area contributed by atoms with Crippen molar-refractivity contribution >= 4 is 0 Å². The van der Waals surface area contributed by atoms with Gasteiger partial charge in [-0.3, -0.25) is 0 Å². The summed E-state index contributed by atoms with van der Waals surface area (Å²) < 4.78 is 10.7. The van der Waals surface area contributed by atoms with Crippen LogP contribution in [-0.4, -0.2) is 50.0 Å². The standard InChI is InChI=1S/C17H27NO3/c1-13(18(2)11-14-5-4-10-21-12-14)17(19)15-6-8-16(20-3)9-7-15/h6-9,13-14,17,19H,4-5,10-12H2,1-3H3. The van der Waals surface area contributed by atoms with Crippen LogP contribution in [0.3, 0.4) is 0 Å². The Hall–Kier alpha value is -1.10. The van der Waals surface area contributed by atoms with Crippen LogP contribution in [0.15, 0.2) is 24.3 Å². The van der Waals surface area contributed by atoms with Gasteiger partial charge in [-0.05, 0) is 50.4 Å². The average molecular weight is 293 g/mol. The molecule has 1 aromatic carbocycles. The van der Waals surface area contributed by atoms with Crippen LogP contribution in [0.4, 0.5) is 0 Å². The van der Waals surface area contributed by atoms with Gasteiger partial charge in [0.2, 0.25) is 0 Å². The van der Waals surface area contributed by atoms with Gasteiger partial charge in [0.1, 0.15) is 5.75 Å². The Balaban J connectivity index is 1.91. The lowest BCUT2D eigenvalue weighted by atomic mass is 9.98. The van der Waals surface area contributed by atoms with Gasteiger partial charge >= 0.3 is 0 Å². The number of methoxy groups -OCH3 is 1. The molecule has 0 amide bonds. The van der Waals surface area contributed by atoms with Crippen molar-refractivity contribution in [3.8, 4) is 5.75 Å². The van der Waals surface area contributed by atoms with Crippen molar-refractivity contribution < 1.29 is 14.6 Å². The van der Waals surface area contributed by atoms with Crippen molar-refractivity contribution in [2.45, 2.75) is 31.9 Å². The predicted molar refractivity (Wildman–Crippen MR) is 83.6 cm³/mol. The molecule has 3 unspecified atom stereocenters. The van der Waals surface area contributed by atoms with Gasteiger partial charge in [0, 0.05) is 19.2 Å². The molecule has 4 nitrogen and oxygen atoms in total. The van der Waals surface area contributed by atoms with Gasteiger partial charge in [0.25, 0.3) is 0 Å². The molecule has 21 heavy (non-hydrogen) atoms. The van der Waals surface area contributed by atoms with E-state index in [1.54, 1.807) is 7.11 Å². The van der Waals surface area contributed by atoms with Crippen molar-refractivity contribution in [3.05, 3.63) is 29.8 Å². The van der Waals surface area contributed by atoms with E-state index < -0.39 is 6.10 Å². The highest BCUT2D eigenvalue weighted by atomic mass is 16.5. The third kappa shape index (κ3) is 4.43. The summed E-state index contributed by atoms with van der Waals surface area (Å²) >= 11 is 0. The van der Waals surface area contributed by atoms with Crippen LogP contribution in [0.5, 0.6) is 5.75 Å². The Morgan fingerprint density at radius 1 is 1.38 bits per heavy atom. The van der Waals surface area contributed by atoms with Crippen molar-refractivity contribution in [1.82, 2.24) is 4.90 Å². The van der Waals surface area contributed by atoms with Crippen LogP contribution in [-0.2, 0) is 4.74 Å². The summed E-state index contributed by atoms with van der Waals surface area (Å²) in [6, 6.07) is 7.70. The molecule has 1 fully saturated rings. The van der Waals surface area contributed by atoms with E-state index in [9.17, 15) is 5.11 Å². The summed E-state index contributed by atoms with van der Waals surface area (Å²) in [7, 11) is 3.72. The molecule has 1 saturated heterocycles. The third-order valence-corrected chi connectivity index (χ3v) is 4.41. The van der Waals surface area contributed by atoms with Crippen LogP contribution in [0.1, 0.15) is 31.4 Å². The fourth-order valence-corrected chi connectivity index (χ4v) is 2.85. The summed E-state index contributed by atoms with van der Waals surface area (Å²) in [5.41, 5.74) is 0.926. The highest BCUT2D eigenvalue weighted by Crippen LogP contribution is 2.24. The van der Waals surface area contributed by atoms with Gasteiger partial charge in [0.15, 0.2) is 0 Å². The molecule has 0 aliphatic carbocycles. The number of ether oxygens (including phenoxy) is 2. The van der Waals surface area contributed by atoms with E-state index in [0.717, 1.165) is 37.5 Å². The first-order chi connectivity index (χ1) is 10.1. The van der Waals surface area contributed by atoms with Crippen molar-refractivity contribution in [1.29, 1.82) is 0 Å². The van der Waals surface area contributed by atoms with E-state index in [1.807, 2.05) is 24.3 Å². The van der Waals surface area contributed by atoms with Crippen LogP contribution < -0.4 is 4.74 Å². The Morgan fingerprint density at radius 2 is 2.10 bits per heavy atom. The van der Waals surface area contributed by atoms with Crippen LogP contribution in [0.2, 0.25) is 0 Å². The molecule has 4 heteroatoms. The normalized spacial score (nSPS) is 22.0. The number of aliphatic hydroxyl groups is 1. The van der Waals surface area contributed by atoms with E-state index in [2.05, 4.69) is 18.9 Å². The average Bonchev–Trinajstić information content (AvgIpc) is 2.54. The van der Waals surface area contributed by atoms with Gasteiger partial charge in [0.05, 0.1) is 19.8 Å². The molecule has 118 valence electrons. The van der Waals surface area contributed by atoms with Crippen LogP contribution in [0, 0.1) is 5.92 Å². The van der Waals surface area contributed by atoms with E-state index >= 15 is 0 Å². The maximum absolute atomic E-state index is 10.5. The van der Waals surface area contributed by atoms with Crippen LogP contribution >= 0.6 is 0 Å². The summed E-state index contributed by atoms with van der Waals surface area (Å²) in [6.45, 7) is 4.77. The summed E-state index contributed by atoms with van der Waals surface area (Å²) in [5, 5.41) is 10.5. The molecular weight excluding hydrogens is 266 g/mol. The maximum Gasteiger partial charge on any atom is 0.118 e. The lowest BCUT2D eigenvalue weighted by Gasteiger charge is -2.33. The minimum atomic E-state index is -0.495. The van der Waals surface area contributed by atoms with Gasteiger partial charge in [-0.2, -0.15) is 0 Å². The second-order valence-electron chi connectivity index (χ2n) is 5.98. The molecular formula is C17H27NO3. The lowest BCUT2D eigenvalue weighted by Crippen LogP contribution is -2.39. The van der Waals surface area contributed by atoms with Gasteiger partial charge in [-0.1, -0.05) is 12.1 Å². The van der Waals surface area contributed by atoms with Crippen molar-refractivity contribution in [2.75, 3.05) is 33.9 Å². The van der Waals surface area contributed by atoms with E-state index in [-0.39, 0.29) is 6.04 Å². The largest absolute Gasteiger partial charge is 0.497 e. The monoisotopic (exact) mass is 293 g/mol. The van der Waals surface area contributed by atoms with E-state index in [1.165, 1.54) is 6.42 Å².